The van der Waals surface area contributed by atoms with Crippen LogP contribution in [-0.4, -0.2) is 25.3 Å². The number of thioether (sulfide) groups is 1. The van der Waals surface area contributed by atoms with Crippen LogP contribution in [0.2, 0.25) is 5.02 Å². The summed E-state index contributed by atoms with van der Waals surface area (Å²) in [5.41, 5.74) is 1.92. The van der Waals surface area contributed by atoms with Crippen molar-refractivity contribution in [3.63, 3.8) is 0 Å². The molecular weight excluding hydrogens is 398 g/mol. The van der Waals surface area contributed by atoms with Crippen LogP contribution in [0.5, 0.6) is 5.75 Å². The topological polar surface area (TPSA) is 89.7 Å². The monoisotopic (exact) mass is 413 g/mol. The standard InChI is InChI=1S/C19H16ClN5O2S/c1-12-4-2-3-5-15(12)26-10-16-21-19(24-23-16)28-11-17-22-18(25-27-17)13-6-8-14(20)9-7-13/h2-9H,10-11H2,1H3,(H,21,23,24). The Kier molecular flexibility index (Phi) is 5.59. The SMILES string of the molecule is Cc1ccccc1OCc1nc(SCc2nc(-c3ccc(Cl)cc3)no2)n[nH]1. The molecule has 9 heteroatoms. The normalized spacial score (nSPS) is 10.9. The summed E-state index contributed by atoms with van der Waals surface area (Å²) in [6.07, 6.45) is 0. The van der Waals surface area contributed by atoms with Crippen LogP contribution < -0.4 is 4.74 Å². The van der Waals surface area contributed by atoms with Crippen molar-refractivity contribution in [2.24, 2.45) is 0 Å². The first-order valence-corrected chi connectivity index (χ1v) is 9.85. The van der Waals surface area contributed by atoms with Crippen LogP contribution in [0, 0.1) is 6.92 Å². The third kappa shape index (κ3) is 4.52. The van der Waals surface area contributed by atoms with E-state index in [9.17, 15) is 0 Å². The molecular formula is C19H16ClN5O2S. The Hall–Kier alpha value is -2.84. The smallest absolute Gasteiger partial charge is 0.237 e. The molecule has 0 aliphatic rings. The molecule has 4 rings (SSSR count). The molecule has 0 atom stereocenters. The van der Waals surface area contributed by atoms with E-state index < -0.39 is 0 Å². The van der Waals surface area contributed by atoms with Crippen LogP contribution in [0.25, 0.3) is 11.4 Å². The van der Waals surface area contributed by atoms with Gasteiger partial charge in [0.15, 0.2) is 5.82 Å². The predicted octanol–water partition coefficient (Wildman–Crippen LogP) is 4.69. The Bertz CT molecular complexity index is 1060. The van der Waals surface area contributed by atoms with Gasteiger partial charge in [-0.2, -0.15) is 4.98 Å². The quantitative estimate of drug-likeness (QED) is 0.439. The number of aryl methyl sites for hydroxylation is 1. The molecule has 0 saturated carbocycles. The third-order valence-corrected chi connectivity index (χ3v) is 4.95. The van der Waals surface area contributed by atoms with Gasteiger partial charge in [0.2, 0.25) is 16.9 Å². The molecule has 0 aliphatic heterocycles. The van der Waals surface area contributed by atoms with E-state index in [-0.39, 0.29) is 0 Å². The van der Waals surface area contributed by atoms with Crippen LogP contribution >= 0.6 is 23.4 Å². The number of nitrogens with one attached hydrogen (secondary N) is 1. The van der Waals surface area contributed by atoms with Crippen molar-refractivity contribution < 1.29 is 9.26 Å². The van der Waals surface area contributed by atoms with E-state index in [1.807, 2.05) is 43.3 Å². The maximum atomic E-state index is 5.90. The average Bonchev–Trinajstić information content (AvgIpc) is 3.36. The number of aromatic nitrogens is 5. The highest BCUT2D eigenvalue weighted by molar-refractivity contribution is 7.98. The second-order valence-corrected chi connectivity index (χ2v) is 7.31. The minimum Gasteiger partial charge on any atom is -0.485 e. The van der Waals surface area contributed by atoms with Gasteiger partial charge in [0.05, 0.1) is 5.75 Å². The van der Waals surface area contributed by atoms with E-state index in [1.54, 1.807) is 12.1 Å². The predicted molar refractivity (Wildman–Crippen MR) is 106 cm³/mol. The summed E-state index contributed by atoms with van der Waals surface area (Å²) in [4.78, 5) is 8.80. The van der Waals surface area contributed by atoms with Crippen LogP contribution in [0.3, 0.4) is 0 Å². The number of benzene rings is 2. The number of halogens is 1. The lowest BCUT2D eigenvalue weighted by molar-refractivity contribution is 0.294. The zero-order chi connectivity index (χ0) is 19.3. The van der Waals surface area contributed by atoms with Gasteiger partial charge in [-0.15, -0.1) is 5.10 Å². The second-order valence-electron chi connectivity index (χ2n) is 5.93. The number of H-pyrrole nitrogens is 1. The first-order chi connectivity index (χ1) is 13.7. The number of para-hydroxylation sites is 1. The number of ether oxygens (including phenoxy) is 1. The number of hydrogen-bond acceptors (Lipinski definition) is 7. The van der Waals surface area contributed by atoms with Crippen LogP contribution in [0.4, 0.5) is 0 Å². The fourth-order valence-corrected chi connectivity index (χ4v) is 3.21. The third-order valence-electron chi connectivity index (χ3n) is 3.86. The zero-order valence-electron chi connectivity index (χ0n) is 14.9. The molecule has 0 bridgehead atoms. The van der Waals surface area contributed by atoms with Gasteiger partial charge >= 0.3 is 0 Å². The zero-order valence-corrected chi connectivity index (χ0v) is 16.5. The summed E-state index contributed by atoms with van der Waals surface area (Å²) in [6, 6.07) is 15.1. The van der Waals surface area contributed by atoms with Crippen molar-refractivity contribution in [3.8, 4) is 17.1 Å². The Labute approximate surface area is 170 Å². The molecule has 0 spiro atoms. The highest BCUT2D eigenvalue weighted by Crippen LogP contribution is 2.23. The molecule has 0 fully saturated rings. The molecule has 0 radical (unpaired) electrons. The Morgan fingerprint density at radius 2 is 1.93 bits per heavy atom. The van der Waals surface area contributed by atoms with Crippen molar-refractivity contribution in [2.45, 2.75) is 24.4 Å². The summed E-state index contributed by atoms with van der Waals surface area (Å²) in [7, 11) is 0. The maximum Gasteiger partial charge on any atom is 0.237 e. The lowest BCUT2D eigenvalue weighted by atomic mass is 10.2. The van der Waals surface area contributed by atoms with Gasteiger partial charge in [0.1, 0.15) is 12.4 Å². The van der Waals surface area contributed by atoms with E-state index in [1.165, 1.54) is 11.8 Å². The Morgan fingerprint density at radius 1 is 1.11 bits per heavy atom. The molecule has 0 unspecified atom stereocenters. The molecule has 1 N–H and O–H groups in total. The van der Waals surface area contributed by atoms with Crippen molar-refractivity contribution >= 4 is 23.4 Å². The number of rotatable bonds is 7. The molecule has 2 aromatic carbocycles. The van der Waals surface area contributed by atoms with Crippen molar-refractivity contribution in [1.82, 2.24) is 25.3 Å². The van der Waals surface area contributed by atoms with E-state index in [0.717, 1.165) is 16.9 Å². The number of aromatic amines is 1. The van der Waals surface area contributed by atoms with Crippen LogP contribution in [0.15, 0.2) is 58.2 Å². The molecule has 2 heterocycles. The highest BCUT2D eigenvalue weighted by atomic mass is 35.5. The first-order valence-electron chi connectivity index (χ1n) is 8.48. The summed E-state index contributed by atoms with van der Waals surface area (Å²) in [5.74, 6) is 2.97. The summed E-state index contributed by atoms with van der Waals surface area (Å²) in [6.45, 7) is 2.32. The number of hydrogen-bond donors (Lipinski definition) is 1. The maximum absolute atomic E-state index is 5.90. The highest BCUT2D eigenvalue weighted by Gasteiger charge is 2.11. The van der Waals surface area contributed by atoms with Gasteiger partial charge in [-0.05, 0) is 42.8 Å². The summed E-state index contributed by atoms with van der Waals surface area (Å²) in [5, 5.41) is 12.3. The van der Waals surface area contributed by atoms with Crippen LogP contribution in [-0.2, 0) is 12.4 Å². The van der Waals surface area contributed by atoms with E-state index in [4.69, 9.17) is 20.9 Å². The molecule has 0 amide bonds. The Morgan fingerprint density at radius 3 is 2.75 bits per heavy atom. The number of nitrogens with zero attached hydrogens (tertiary/aromatic N) is 4. The molecule has 0 saturated heterocycles. The fraction of sp³-hybridized carbons (Fsp3) is 0.158. The average molecular weight is 414 g/mol. The van der Waals surface area contributed by atoms with Gasteiger partial charge in [-0.25, -0.2) is 4.98 Å². The second kappa shape index (κ2) is 8.45. The largest absolute Gasteiger partial charge is 0.485 e. The minimum absolute atomic E-state index is 0.319. The van der Waals surface area contributed by atoms with Gasteiger partial charge in [0, 0.05) is 10.6 Å². The first kappa shape index (κ1) is 18.5. The van der Waals surface area contributed by atoms with Crippen LogP contribution in [0.1, 0.15) is 17.3 Å². The summed E-state index contributed by atoms with van der Waals surface area (Å²) < 4.78 is 11.1. The minimum atomic E-state index is 0.319. The fourth-order valence-electron chi connectivity index (χ4n) is 2.43. The summed E-state index contributed by atoms with van der Waals surface area (Å²) >= 11 is 7.30. The van der Waals surface area contributed by atoms with Gasteiger partial charge < -0.3 is 9.26 Å². The lowest BCUT2D eigenvalue weighted by Crippen LogP contribution is -1.98. The molecule has 142 valence electrons. The lowest BCUT2D eigenvalue weighted by Gasteiger charge is -2.06. The molecule has 28 heavy (non-hydrogen) atoms. The van der Waals surface area contributed by atoms with E-state index in [2.05, 4.69) is 25.3 Å². The van der Waals surface area contributed by atoms with Crippen molar-refractivity contribution in [3.05, 3.63) is 70.8 Å². The molecule has 0 aliphatic carbocycles. The van der Waals surface area contributed by atoms with Crippen molar-refractivity contribution in [2.75, 3.05) is 0 Å². The van der Waals surface area contributed by atoms with Gasteiger partial charge in [-0.3, -0.25) is 5.10 Å². The molecule has 7 nitrogen and oxygen atoms in total. The Balaban J connectivity index is 1.32. The van der Waals surface area contributed by atoms with E-state index in [0.29, 0.717) is 40.1 Å². The molecule has 2 aromatic heterocycles. The van der Waals surface area contributed by atoms with Gasteiger partial charge in [0.25, 0.3) is 0 Å². The molecule has 4 aromatic rings. The van der Waals surface area contributed by atoms with E-state index >= 15 is 0 Å². The van der Waals surface area contributed by atoms with Gasteiger partial charge in [-0.1, -0.05) is 46.7 Å². The van der Waals surface area contributed by atoms with Crippen molar-refractivity contribution in [1.29, 1.82) is 0 Å².